The number of anilines is 1. The maximum atomic E-state index is 11.5. The molecule has 130 valence electrons. The Bertz CT molecular complexity index is 988. The van der Waals surface area contributed by atoms with E-state index in [2.05, 4.69) is 15.3 Å². The number of benzene rings is 1. The standard InChI is InChI=1S/C17H17N3O4S/c1-9(12-7-13(21)14(22)8-18-12)19-11-4-2-10(3-5-11)6-15-16(23)20-17(24)25-15/h2-5,7-9,19,22-23H,6H2,1H3,(H,18,21)(H,20,24). The Morgan fingerprint density at radius 1 is 1.20 bits per heavy atom. The summed E-state index contributed by atoms with van der Waals surface area (Å²) in [5.41, 5.74) is 2.05. The van der Waals surface area contributed by atoms with E-state index in [1.165, 1.54) is 12.3 Å². The summed E-state index contributed by atoms with van der Waals surface area (Å²) >= 11 is 0.993. The van der Waals surface area contributed by atoms with Crippen molar-refractivity contribution in [2.24, 2.45) is 0 Å². The average molecular weight is 359 g/mol. The molecule has 0 saturated heterocycles. The van der Waals surface area contributed by atoms with Gasteiger partial charge >= 0.3 is 4.87 Å². The van der Waals surface area contributed by atoms with Crippen LogP contribution < -0.4 is 15.6 Å². The van der Waals surface area contributed by atoms with Gasteiger partial charge in [0.05, 0.1) is 10.9 Å². The summed E-state index contributed by atoms with van der Waals surface area (Å²) in [7, 11) is 0. The van der Waals surface area contributed by atoms with Gasteiger partial charge in [0.2, 0.25) is 11.3 Å². The Hall–Kier alpha value is -3.00. The Kier molecular flexibility index (Phi) is 4.62. The summed E-state index contributed by atoms with van der Waals surface area (Å²) in [6.45, 7) is 1.89. The quantitative estimate of drug-likeness (QED) is 0.479. The zero-order chi connectivity index (χ0) is 18.0. The highest BCUT2D eigenvalue weighted by atomic mass is 32.1. The summed E-state index contributed by atoms with van der Waals surface area (Å²) in [6.07, 6.45) is 1.74. The second-order valence-corrected chi connectivity index (χ2v) is 6.73. The molecule has 1 atom stereocenters. The minimum absolute atomic E-state index is 0.0814. The van der Waals surface area contributed by atoms with E-state index in [-0.39, 0.29) is 22.5 Å². The molecule has 1 unspecified atom stereocenters. The number of aromatic nitrogens is 2. The van der Waals surface area contributed by atoms with Crippen molar-refractivity contribution in [2.75, 3.05) is 5.32 Å². The van der Waals surface area contributed by atoms with Crippen LogP contribution in [0.5, 0.6) is 11.6 Å². The van der Waals surface area contributed by atoms with Crippen LogP contribution in [0.4, 0.5) is 5.69 Å². The first-order chi connectivity index (χ1) is 11.9. The van der Waals surface area contributed by atoms with Crippen molar-refractivity contribution >= 4 is 17.0 Å². The zero-order valence-electron chi connectivity index (χ0n) is 13.4. The van der Waals surface area contributed by atoms with Crippen LogP contribution in [0.15, 0.2) is 46.1 Å². The number of nitrogens with one attached hydrogen (secondary N) is 3. The number of aromatic amines is 2. The van der Waals surface area contributed by atoms with Gasteiger partial charge in [0, 0.05) is 30.1 Å². The van der Waals surface area contributed by atoms with Crippen molar-refractivity contribution in [1.82, 2.24) is 9.97 Å². The lowest BCUT2D eigenvalue weighted by atomic mass is 10.1. The molecule has 3 rings (SSSR count). The molecule has 8 heteroatoms. The Morgan fingerprint density at radius 3 is 2.52 bits per heavy atom. The van der Waals surface area contributed by atoms with Crippen molar-refractivity contribution in [3.63, 3.8) is 0 Å². The summed E-state index contributed by atoms with van der Waals surface area (Å²) in [5.74, 6) is -0.391. The monoisotopic (exact) mass is 359 g/mol. The van der Waals surface area contributed by atoms with E-state index in [4.69, 9.17) is 0 Å². The fourth-order valence-corrected chi connectivity index (χ4v) is 3.19. The summed E-state index contributed by atoms with van der Waals surface area (Å²) in [6, 6.07) is 8.78. The highest BCUT2D eigenvalue weighted by Crippen LogP contribution is 2.22. The maximum Gasteiger partial charge on any atom is 0.307 e. The molecule has 2 aromatic heterocycles. The third-order valence-corrected chi connectivity index (χ3v) is 4.65. The third kappa shape index (κ3) is 3.92. The molecule has 3 aromatic rings. The molecule has 0 saturated carbocycles. The van der Waals surface area contributed by atoms with Crippen LogP contribution in [0.25, 0.3) is 0 Å². The molecule has 5 N–H and O–H groups in total. The summed E-state index contributed by atoms with van der Waals surface area (Å²) in [4.78, 5) is 28.3. The van der Waals surface area contributed by atoms with Crippen LogP contribution in [0.2, 0.25) is 0 Å². The van der Waals surface area contributed by atoms with E-state index in [1.54, 1.807) is 0 Å². The second kappa shape index (κ2) is 6.86. The first-order valence-electron chi connectivity index (χ1n) is 7.60. The van der Waals surface area contributed by atoms with E-state index < -0.39 is 5.43 Å². The van der Waals surface area contributed by atoms with Crippen LogP contribution in [-0.2, 0) is 6.42 Å². The Balaban J connectivity index is 1.69. The van der Waals surface area contributed by atoms with Crippen LogP contribution >= 0.6 is 11.3 Å². The number of pyridine rings is 1. The normalized spacial score (nSPS) is 12.0. The molecular weight excluding hydrogens is 342 g/mol. The Morgan fingerprint density at radius 2 is 1.92 bits per heavy atom. The second-order valence-electron chi connectivity index (χ2n) is 5.66. The van der Waals surface area contributed by atoms with Gasteiger partial charge in [-0.25, -0.2) is 0 Å². The van der Waals surface area contributed by atoms with Crippen LogP contribution in [0.3, 0.4) is 0 Å². The fourth-order valence-electron chi connectivity index (χ4n) is 2.43. The number of hydrogen-bond donors (Lipinski definition) is 5. The molecule has 0 aliphatic heterocycles. The molecule has 0 amide bonds. The van der Waals surface area contributed by atoms with Gasteiger partial charge in [0.15, 0.2) is 5.75 Å². The molecular formula is C17H17N3O4S. The molecule has 0 aliphatic carbocycles. The van der Waals surface area contributed by atoms with Gasteiger partial charge in [-0.3, -0.25) is 14.6 Å². The van der Waals surface area contributed by atoms with Gasteiger partial charge in [0.25, 0.3) is 0 Å². The van der Waals surface area contributed by atoms with Crippen LogP contribution in [0, 0.1) is 0 Å². The molecule has 1 aromatic carbocycles. The van der Waals surface area contributed by atoms with Gasteiger partial charge in [-0.05, 0) is 24.6 Å². The zero-order valence-corrected chi connectivity index (χ0v) is 14.2. The largest absolute Gasteiger partial charge is 0.503 e. The molecule has 0 bridgehead atoms. The van der Waals surface area contributed by atoms with E-state index in [9.17, 15) is 19.8 Å². The highest BCUT2D eigenvalue weighted by Gasteiger charge is 2.10. The lowest BCUT2D eigenvalue weighted by Gasteiger charge is -2.15. The highest BCUT2D eigenvalue weighted by molar-refractivity contribution is 7.09. The predicted octanol–water partition coefficient (Wildman–Crippen LogP) is 2.30. The van der Waals surface area contributed by atoms with Crippen LogP contribution in [-0.4, -0.2) is 20.2 Å². The van der Waals surface area contributed by atoms with E-state index in [0.717, 1.165) is 22.6 Å². The number of rotatable bonds is 5. The molecule has 0 aliphatic rings. The topological polar surface area (TPSA) is 118 Å². The van der Waals surface area contributed by atoms with Gasteiger partial charge in [-0.15, -0.1) is 0 Å². The summed E-state index contributed by atoms with van der Waals surface area (Å²) < 4.78 is 0. The smallest absolute Gasteiger partial charge is 0.307 e. The molecule has 0 fully saturated rings. The van der Waals surface area contributed by atoms with Crippen molar-refractivity contribution < 1.29 is 10.2 Å². The maximum absolute atomic E-state index is 11.5. The van der Waals surface area contributed by atoms with Gasteiger partial charge in [-0.2, -0.15) is 0 Å². The average Bonchev–Trinajstić information content (AvgIpc) is 2.89. The molecule has 7 nitrogen and oxygen atoms in total. The fraction of sp³-hybridized carbons (Fsp3) is 0.176. The first kappa shape index (κ1) is 16.8. The van der Waals surface area contributed by atoms with Crippen molar-refractivity contribution in [1.29, 1.82) is 0 Å². The van der Waals surface area contributed by atoms with Crippen molar-refractivity contribution in [2.45, 2.75) is 19.4 Å². The van der Waals surface area contributed by atoms with Gasteiger partial charge in [-0.1, -0.05) is 23.5 Å². The summed E-state index contributed by atoms with van der Waals surface area (Å²) in [5, 5.41) is 22.2. The minimum Gasteiger partial charge on any atom is -0.503 e. The van der Waals surface area contributed by atoms with E-state index >= 15 is 0 Å². The van der Waals surface area contributed by atoms with Crippen molar-refractivity contribution in [3.8, 4) is 11.6 Å². The lowest BCUT2D eigenvalue weighted by molar-refractivity contribution is 0.451. The van der Waals surface area contributed by atoms with Crippen molar-refractivity contribution in [3.05, 3.63) is 72.6 Å². The van der Waals surface area contributed by atoms with E-state index in [1.807, 2.05) is 31.2 Å². The number of H-pyrrole nitrogens is 2. The molecule has 0 spiro atoms. The molecule has 25 heavy (non-hydrogen) atoms. The van der Waals surface area contributed by atoms with Gasteiger partial charge in [0.1, 0.15) is 0 Å². The Labute approximate surface area is 146 Å². The SMILES string of the molecule is CC(Nc1ccc(Cc2sc(=O)[nH]c2O)cc1)c1cc(=O)c(O)c[nH]1. The first-order valence-corrected chi connectivity index (χ1v) is 8.42. The minimum atomic E-state index is -0.428. The predicted molar refractivity (Wildman–Crippen MR) is 96.6 cm³/mol. The number of hydrogen-bond acceptors (Lipinski definition) is 6. The molecule has 0 radical (unpaired) electrons. The third-order valence-electron chi connectivity index (χ3n) is 3.78. The molecule has 2 heterocycles. The number of aromatic hydroxyl groups is 2. The van der Waals surface area contributed by atoms with E-state index in [0.29, 0.717) is 17.0 Å². The van der Waals surface area contributed by atoms with Gasteiger partial charge < -0.3 is 20.5 Å². The number of thiazole rings is 1. The lowest BCUT2D eigenvalue weighted by Crippen LogP contribution is -2.12. The van der Waals surface area contributed by atoms with Crippen LogP contribution in [0.1, 0.15) is 29.1 Å².